The normalized spacial score (nSPS) is 14.7. The van der Waals surface area contributed by atoms with Gasteiger partial charge in [0.25, 0.3) is 5.91 Å². The lowest BCUT2D eigenvalue weighted by molar-refractivity contribution is -0.137. The Bertz CT molecular complexity index is 1530. The highest BCUT2D eigenvalue weighted by Gasteiger charge is 2.30. The van der Waals surface area contributed by atoms with Gasteiger partial charge >= 0.3 is 6.18 Å². The van der Waals surface area contributed by atoms with Gasteiger partial charge < -0.3 is 5.32 Å². The lowest BCUT2D eigenvalue weighted by Gasteiger charge is -2.13. The Labute approximate surface area is 215 Å². The summed E-state index contributed by atoms with van der Waals surface area (Å²) in [5.41, 5.74) is 2.96. The van der Waals surface area contributed by atoms with E-state index in [9.17, 15) is 27.6 Å². The molecule has 0 radical (unpaired) electrons. The Morgan fingerprint density at radius 2 is 1.82 bits per heavy atom. The van der Waals surface area contributed by atoms with E-state index in [-0.39, 0.29) is 18.0 Å². The summed E-state index contributed by atoms with van der Waals surface area (Å²) >= 11 is 0. The third-order valence-electron chi connectivity index (χ3n) is 6.33. The molecular weight excluding hydrogens is 497 g/mol. The Hall–Kier alpha value is -4.57. The molecule has 0 saturated carbocycles. The fourth-order valence-electron chi connectivity index (χ4n) is 4.48. The Morgan fingerprint density at radius 3 is 2.53 bits per heavy atom. The van der Waals surface area contributed by atoms with Gasteiger partial charge in [-0.2, -0.15) is 18.3 Å². The molecule has 1 amide bonds. The molecule has 1 aromatic heterocycles. The SMILES string of the molecule is O=Cc1ccn(CC(=O)C2NCc3cc(NC(=O)c4ccccc4-c4ccc(C(F)(F)F)cc4)ccc32)n1. The number of anilines is 1. The quantitative estimate of drug-likeness (QED) is 0.334. The van der Waals surface area contributed by atoms with Crippen LogP contribution in [0.1, 0.15) is 43.6 Å². The van der Waals surface area contributed by atoms with E-state index in [1.807, 2.05) is 0 Å². The van der Waals surface area contributed by atoms with Crippen molar-refractivity contribution < 1.29 is 27.6 Å². The van der Waals surface area contributed by atoms with Gasteiger partial charge in [-0.25, -0.2) is 0 Å². The molecule has 38 heavy (non-hydrogen) atoms. The van der Waals surface area contributed by atoms with Crippen LogP contribution >= 0.6 is 0 Å². The van der Waals surface area contributed by atoms with E-state index >= 15 is 0 Å². The van der Waals surface area contributed by atoms with Gasteiger partial charge in [0, 0.05) is 24.0 Å². The molecule has 1 aliphatic heterocycles. The first-order valence-corrected chi connectivity index (χ1v) is 11.7. The number of halogens is 3. The van der Waals surface area contributed by atoms with Crippen molar-refractivity contribution in [2.45, 2.75) is 25.3 Å². The second-order valence-corrected chi connectivity index (χ2v) is 8.82. The first kappa shape index (κ1) is 25.1. The van der Waals surface area contributed by atoms with Crippen LogP contribution in [-0.4, -0.2) is 27.8 Å². The average Bonchev–Trinajstić information content (AvgIpc) is 3.54. The number of aldehydes is 1. The minimum absolute atomic E-state index is 0.00413. The number of ketones is 1. The van der Waals surface area contributed by atoms with Crippen molar-refractivity contribution >= 4 is 23.7 Å². The molecule has 0 saturated heterocycles. The highest BCUT2D eigenvalue weighted by Crippen LogP contribution is 2.33. The second kappa shape index (κ2) is 10.1. The smallest absolute Gasteiger partial charge is 0.322 e. The van der Waals surface area contributed by atoms with Crippen LogP contribution in [0.5, 0.6) is 0 Å². The van der Waals surface area contributed by atoms with E-state index in [4.69, 9.17) is 0 Å². The zero-order chi connectivity index (χ0) is 26.9. The van der Waals surface area contributed by atoms with E-state index in [0.717, 1.165) is 23.3 Å². The summed E-state index contributed by atoms with van der Waals surface area (Å²) in [5, 5.41) is 10.0. The molecule has 5 rings (SSSR count). The highest BCUT2D eigenvalue weighted by atomic mass is 19.4. The largest absolute Gasteiger partial charge is 0.416 e. The second-order valence-electron chi connectivity index (χ2n) is 8.82. The molecular formula is C28H21F3N4O3. The molecule has 7 nitrogen and oxygen atoms in total. The number of benzene rings is 3. The molecule has 0 fully saturated rings. The van der Waals surface area contributed by atoms with Crippen LogP contribution in [-0.2, 0) is 24.1 Å². The van der Waals surface area contributed by atoms with Crippen LogP contribution in [0.4, 0.5) is 18.9 Å². The van der Waals surface area contributed by atoms with Crippen molar-refractivity contribution in [2.75, 3.05) is 5.32 Å². The van der Waals surface area contributed by atoms with Gasteiger partial charge in [0.1, 0.15) is 12.2 Å². The highest BCUT2D eigenvalue weighted by molar-refractivity contribution is 6.08. The number of aromatic nitrogens is 2. The fourth-order valence-corrected chi connectivity index (χ4v) is 4.48. The molecule has 0 spiro atoms. The van der Waals surface area contributed by atoms with Crippen molar-refractivity contribution in [3.63, 3.8) is 0 Å². The van der Waals surface area contributed by atoms with Crippen molar-refractivity contribution in [2.24, 2.45) is 0 Å². The number of hydrogen-bond acceptors (Lipinski definition) is 5. The summed E-state index contributed by atoms with van der Waals surface area (Å²) in [6.07, 6.45) is -2.26. The van der Waals surface area contributed by atoms with E-state index in [1.165, 1.54) is 22.9 Å². The molecule has 2 N–H and O–H groups in total. The van der Waals surface area contributed by atoms with Crippen LogP contribution in [0.3, 0.4) is 0 Å². The van der Waals surface area contributed by atoms with E-state index < -0.39 is 23.7 Å². The molecule has 10 heteroatoms. The van der Waals surface area contributed by atoms with Crippen molar-refractivity contribution in [1.82, 2.24) is 15.1 Å². The monoisotopic (exact) mass is 518 g/mol. The van der Waals surface area contributed by atoms with Crippen LogP contribution in [0.2, 0.25) is 0 Å². The minimum atomic E-state index is -4.44. The average molecular weight is 518 g/mol. The summed E-state index contributed by atoms with van der Waals surface area (Å²) in [4.78, 5) is 36.8. The maximum absolute atomic E-state index is 13.1. The summed E-state index contributed by atoms with van der Waals surface area (Å²) < 4.78 is 40.2. The number of Topliss-reactive ketones (excluding diaryl/α,β-unsaturated/α-hetero) is 1. The van der Waals surface area contributed by atoms with Crippen molar-refractivity contribution in [1.29, 1.82) is 0 Å². The first-order chi connectivity index (χ1) is 18.2. The van der Waals surface area contributed by atoms with Gasteiger partial charge in [-0.3, -0.25) is 24.4 Å². The number of carbonyl (C=O) groups excluding carboxylic acids is 3. The van der Waals surface area contributed by atoms with E-state index in [2.05, 4.69) is 15.7 Å². The molecule has 2 heterocycles. The van der Waals surface area contributed by atoms with Crippen LogP contribution in [0.15, 0.2) is 79.0 Å². The third kappa shape index (κ3) is 5.12. The van der Waals surface area contributed by atoms with Crippen LogP contribution in [0, 0.1) is 0 Å². The predicted octanol–water partition coefficient (Wildman–Crippen LogP) is 5.05. The number of nitrogens with one attached hydrogen (secondary N) is 2. The molecule has 1 aliphatic rings. The summed E-state index contributed by atoms with van der Waals surface area (Å²) in [5.74, 6) is -0.532. The number of hydrogen-bond donors (Lipinski definition) is 2. The predicted molar refractivity (Wildman–Crippen MR) is 133 cm³/mol. The molecule has 3 aromatic carbocycles. The van der Waals surface area contributed by atoms with Crippen LogP contribution in [0.25, 0.3) is 11.1 Å². The topological polar surface area (TPSA) is 93.1 Å². The number of fused-ring (bicyclic) bond motifs is 1. The molecule has 0 aliphatic carbocycles. The summed E-state index contributed by atoms with van der Waals surface area (Å²) in [6.45, 7) is 0.431. The van der Waals surface area contributed by atoms with E-state index in [0.29, 0.717) is 35.2 Å². The van der Waals surface area contributed by atoms with E-state index in [1.54, 1.807) is 48.7 Å². The number of amides is 1. The number of rotatable bonds is 7. The van der Waals surface area contributed by atoms with Gasteiger partial charge in [-0.15, -0.1) is 0 Å². The molecule has 1 unspecified atom stereocenters. The zero-order valence-electron chi connectivity index (χ0n) is 19.8. The summed E-state index contributed by atoms with van der Waals surface area (Å²) in [6, 6.07) is 17.6. The van der Waals surface area contributed by atoms with Gasteiger partial charge in [-0.1, -0.05) is 36.4 Å². The fraction of sp³-hybridized carbons (Fsp3) is 0.143. The van der Waals surface area contributed by atoms with Gasteiger partial charge in [0.15, 0.2) is 12.1 Å². The Balaban J connectivity index is 1.31. The Kier molecular flexibility index (Phi) is 6.64. The van der Waals surface area contributed by atoms with Gasteiger partial charge in [0.05, 0.1) is 11.6 Å². The molecule has 4 aromatic rings. The first-order valence-electron chi connectivity index (χ1n) is 11.7. The zero-order valence-corrected chi connectivity index (χ0v) is 19.8. The minimum Gasteiger partial charge on any atom is -0.322 e. The Morgan fingerprint density at radius 1 is 1.05 bits per heavy atom. The third-order valence-corrected chi connectivity index (χ3v) is 6.33. The maximum atomic E-state index is 13.1. The lowest BCUT2D eigenvalue weighted by Crippen LogP contribution is -2.26. The maximum Gasteiger partial charge on any atom is 0.416 e. The van der Waals surface area contributed by atoms with Crippen molar-refractivity contribution in [3.05, 3.63) is 107 Å². The van der Waals surface area contributed by atoms with Gasteiger partial charge in [-0.05, 0) is 58.7 Å². The number of alkyl halides is 3. The lowest BCUT2D eigenvalue weighted by atomic mass is 9.97. The number of nitrogens with zero attached hydrogens (tertiary/aromatic N) is 2. The summed E-state index contributed by atoms with van der Waals surface area (Å²) in [7, 11) is 0. The van der Waals surface area contributed by atoms with Crippen molar-refractivity contribution in [3.8, 4) is 11.1 Å². The molecule has 0 bridgehead atoms. The standard InChI is InChI=1S/C28H21F3N4O3/c29-28(30,31)19-7-5-17(6-8-19)22-3-1-2-4-24(22)27(38)33-20-9-10-23-18(13-20)14-32-26(23)25(37)15-35-12-11-21(16-36)34-35/h1-13,16,26,32H,14-15H2,(H,33,38). The van der Waals surface area contributed by atoms with Gasteiger partial charge in [0.2, 0.25) is 0 Å². The number of carbonyl (C=O) groups is 3. The molecule has 1 atom stereocenters. The van der Waals surface area contributed by atoms with Crippen LogP contribution < -0.4 is 10.6 Å². The molecule has 192 valence electrons.